The molecule has 11 rings (SSSR count). The molecule has 0 bridgehead atoms. The van der Waals surface area contributed by atoms with Gasteiger partial charge in [-0.2, -0.15) is 0 Å². The van der Waals surface area contributed by atoms with Crippen molar-refractivity contribution >= 4 is 35.5 Å². The van der Waals surface area contributed by atoms with Gasteiger partial charge in [0.15, 0.2) is 62.9 Å². The van der Waals surface area contributed by atoms with E-state index in [0.29, 0.717) is 0 Å². The van der Waals surface area contributed by atoms with Gasteiger partial charge in [-0.3, -0.25) is 24.0 Å². The molecule has 0 aromatic heterocycles. The first kappa shape index (κ1) is 117. The SMILES string of the molecule is CC(=O)N[C@@H]1[C@@H](O)[C@H](O[C@@H]2O[C@H](CO)[C@@H](O[C@@H]3O[C@H](CO[C@H]4O[C@H](CO)[C@@H](O)[C@H](O)[C@@H]4O[C@@H]4O[C@H](CO)[C@@H](O[C@@H]5O[C@H](CO)[C@H](O)[C@H](O[C@]6(C(=O)O)C[C@H](O)[C@@H](NC(C)=O)[C@H]([C@H](O)[C@H](O)CO)O6)[C@H]5O)[C@H](O)[C@H]4NC(C)=O)[C@@H](O)[C@H](O[C@H]4O[C@H](CO)[C@@H](O)[C@H](O)[C@@H]4O[C@@H]4O[C@H](CO)[C@@H](O[C@@H]5O[C@H](CO)[C@H](O)[C@H](O)[C@H]5O)[C@H](O[C@H]5O[C@H](C)[C@H](O)[C@H](O)[C@H]5O)[C@H]4NC(C)=O)[C@@H]3O)[C@H](O)[C@H]2NC(C)=O)[C@@H](CO)O[C@H]1O. The van der Waals surface area contributed by atoms with Crippen molar-refractivity contribution in [2.45, 2.75) is 391 Å². The van der Waals surface area contributed by atoms with Gasteiger partial charge >= 0.3 is 5.97 Å². The molecule has 11 aliphatic rings. The van der Waals surface area contributed by atoms with Crippen LogP contribution < -0.4 is 26.6 Å². The van der Waals surface area contributed by atoms with Crippen LogP contribution in [0.25, 0.3) is 0 Å². The Kier molecular flexibility index (Phi) is 41.7. The number of aliphatic hydroxyl groups excluding tert-OH is 30. The van der Waals surface area contributed by atoms with E-state index in [-0.39, 0.29) is 0 Å². The van der Waals surface area contributed by atoms with Crippen LogP contribution in [0, 0.1) is 0 Å². The first-order valence-corrected chi connectivity index (χ1v) is 45.1. The molecule has 0 radical (unpaired) electrons. The molecule has 0 aliphatic carbocycles. The van der Waals surface area contributed by atoms with Gasteiger partial charge in [-0.1, -0.05) is 0 Å². The number of carboxylic acids is 1. The van der Waals surface area contributed by atoms with Crippen molar-refractivity contribution in [2.75, 3.05) is 66.1 Å². The minimum atomic E-state index is -3.34. The Balaban J connectivity index is 0.933. The Morgan fingerprint density at radius 3 is 1.09 bits per heavy atom. The lowest BCUT2D eigenvalue weighted by Gasteiger charge is -2.52. The monoisotopic (exact) mass is 2080 g/mol. The number of carboxylic acid groups (broad SMARTS) is 1. The molecule has 0 aromatic rings. The van der Waals surface area contributed by atoms with Crippen LogP contribution in [0.2, 0.25) is 0 Å². The molecule has 5 amide bonds. The van der Waals surface area contributed by atoms with Crippen molar-refractivity contribution in [2.24, 2.45) is 0 Å². The second-order valence-corrected chi connectivity index (χ2v) is 35.9. The second kappa shape index (κ2) is 50.6. The predicted octanol–water partition coefficient (Wildman–Crippen LogP) is -24.0. The third-order valence-electron chi connectivity index (χ3n) is 25.9. The summed E-state index contributed by atoms with van der Waals surface area (Å²) < 4.78 is 126. The molecule has 63 heteroatoms. The van der Waals surface area contributed by atoms with Crippen molar-refractivity contribution in [1.82, 2.24) is 26.6 Å². The highest BCUT2D eigenvalue weighted by molar-refractivity contribution is 5.77. The lowest BCUT2D eigenvalue weighted by Crippen LogP contribution is -2.71. The number of hydrogen-bond donors (Lipinski definition) is 36. The van der Waals surface area contributed by atoms with Crippen molar-refractivity contribution in [3.63, 3.8) is 0 Å². The van der Waals surface area contributed by atoms with Crippen LogP contribution in [0.1, 0.15) is 48.0 Å². The van der Waals surface area contributed by atoms with Crippen molar-refractivity contribution in [3.8, 4) is 0 Å². The summed E-state index contributed by atoms with van der Waals surface area (Å²) in [5.74, 6) is -10.4. The van der Waals surface area contributed by atoms with E-state index in [4.69, 9.17) is 99.5 Å². The van der Waals surface area contributed by atoms with Crippen LogP contribution in [0.3, 0.4) is 0 Å². The van der Waals surface area contributed by atoms with Gasteiger partial charge in [0.05, 0.1) is 84.3 Å². The number of carbonyl (C=O) groups is 6. The summed E-state index contributed by atoms with van der Waals surface area (Å²) in [6.45, 7) is -6.54. The highest BCUT2D eigenvalue weighted by Crippen LogP contribution is 2.44. The minimum Gasteiger partial charge on any atom is -0.477 e. The Labute approximate surface area is 803 Å². The van der Waals surface area contributed by atoms with Crippen molar-refractivity contribution < 1.29 is 287 Å². The minimum absolute atomic E-state index is 0.830. The Morgan fingerprint density at radius 1 is 0.303 bits per heavy atom. The third kappa shape index (κ3) is 25.6. The second-order valence-electron chi connectivity index (χ2n) is 35.9. The lowest BCUT2D eigenvalue weighted by atomic mass is 9.88. The summed E-state index contributed by atoms with van der Waals surface area (Å²) in [4.78, 5) is 78.0. The molecular weight excluding hydrogens is 1950 g/mol. The maximum absolute atomic E-state index is 13.6. The van der Waals surface area contributed by atoms with Gasteiger partial charge in [0.1, 0.15) is 256 Å². The maximum atomic E-state index is 13.6. The highest BCUT2D eigenvalue weighted by Gasteiger charge is 2.65. The fourth-order valence-electron chi connectivity index (χ4n) is 18.5. The zero-order chi connectivity index (χ0) is 105. The summed E-state index contributed by atoms with van der Waals surface area (Å²) >= 11 is 0. The van der Waals surface area contributed by atoms with Crippen molar-refractivity contribution in [3.05, 3.63) is 0 Å². The summed E-state index contributed by atoms with van der Waals surface area (Å²) in [5, 5.41) is 362. The summed E-state index contributed by atoms with van der Waals surface area (Å²) in [6.07, 6.45) is -112. The zero-order valence-corrected chi connectivity index (χ0v) is 76.4. The normalized spacial score (nSPS) is 48.0. The maximum Gasteiger partial charge on any atom is 0.364 e. The molecule has 56 atom stereocenters. The molecule has 0 unspecified atom stereocenters. The molecule has 11 saturated heterocycles. The average molecular weight is 2080 g/mol. The summed E-state index contributed by atoms with van der Waals surface area (Å²) in [5.41, 5.74) is 0. The predicted molar refractivity (Wildman–Crippen MR) is 436 cm³/mol. The van der Waals surface area contributed by atoms with Gasteiger partial charge in [0.2, 0.25) is 29.5 Å². The number of aliphatic carboxylic acids is 1. The Morgan fingerprint density at radius 2 is 0.627 bits per heavy atom. The van der Waals surface area contributed by atoms with E-state index in [1.165, 1.54) is 6.92 Å². The molecule has 0 saturated carbocycles. The van der Waals surface area contributed by atoms with Crippen LogP contribution >= 0.6 is 0 Å². The summed E-state index contributed by atoms with van der Waals surface area (Å²) in [7, 11) is 0. The first-order chi connectivity index (χ1) is 67.0. The topological polar surface area (TPSA) is 984 Å². The number of nitrogens with one attached hydrogen (secondary N) is 5. The van der Waals surface area contributed by atoms with E-state index >= 15 is 0 Å². The van der Waals surface area contributed by atoms with Crippen molar-refractivity contribution in [1.29, 1.82) is 0 Å². The van der Waals surface area contributed by atoms with E-state index < -0.39 is 451 Å². The standard InChI is InChI=1S/C79H131N5O58/c1-18-40(101)50(111)54(115)72(123-18)137-63-39(84-23(6)98)71(131-33(16-93)61(63)136-73-55(116)51(112)42(103)26(9-86)125-73)140-67-53(114)44(105)28(11-88)128-77(67)138-64-46(107)34(132-74(56(64)117)134-59-31(14-91)129-69(37(48(59)109)82-21(4)96)133-58-30(13-90)124-68(119)36(47(58)108)81-20(3)95)17-122-76-66(52(113)43(104)27(10-87)127-76)139-70-38(83-22(5)97)49(110)60(32(15-92)130-70)135-75-57(118)65(45(106)29(12-89)126-75)142-79(78(120)121)7-24(99)35(80-19(2)94)62(141-79)41(102)25(100)8-85/h18,24-77,85-93,99-119H,7-17H2,1-6H3,(H,80,94)(H,81,95)(H,82,96)(H,83,97)(H,84,98)(H,120,121)/t18-,24+,25-,26-,27-,28-,29-,30-,31-,32-,33-,34-,35-,36-,37-,38-,39-,40+,41-,42+,43-,44-,45+,46-,47-,48-,49-,50+,51+,52+,53+,54-,55-,56+,57-,58-,59-,60-,61-,62-,63-,64+,65+,66+,67+,68-,69+,70+,71+,72-,73+,74+,75+,76+,77-,79+/m1/s1. The zero-order valence-electron chi connectivity index (χ0n) is 76.4. The molecule has 142 heavy (non-hydrogen) atoms. The Bertz CT molecular complexity index is 4010. The molecule has 11 fully saturated rings. The fraction of sp³-hybridized carbons (Fsp3) is 0.924. The molecule has 63 nitrogen and oxygen atoms in total. The molecule has 36 N–H and O–H groups in total. The van der Waals surface area contributed by atoms with Crippen LogP contribution in [-0.2, 0) is 128 Å². The van der Waals surface area contributed by atoms with E-state index in [1.807, 2.05) is 0 Å². The average Bonchev–Trinajstić information content (AvgIpc) is 0.729. The van der Waals surface area contributed by atoms with E-state index in [1.54, 1.807) is 0 Å². The number of hydrogen-bond acceptors (Lipinski definition) is 57. The Hall–Kier alpha value is -5.22. The smallest absolute Gasteiger partial charge is 0.364 e. The highest BCUT2D eigenvalue weighted by atomic mass is 16.8. The first-order valence-electron chi connectivity index (χ1n) is 45.1. The van der Waals surface area contributed by atoms with E-state index in [9.17, 15) is 187 Å². The fourth-order valence-corrected chi connectivity index (χ4v) is 18.5. The van der Waals surface area contributed by atoms with Crippen LogP contribution in [0.15, 0.2) is 0 Å². The number of amides is 5. The van der Waals surface area contributed by atoms with Crippen LogP contribution in [0.5, 0.6) is 0 Å². The molecule has 11 heterocycles. The number of ether oxygens (including phenoxy) is 21. The summed E-state index contributed by atoms with van der Waals surface area (Å²) in [6, 6.07) is -9.76. The number of aliphatic hydroxyl groups is 30. The lowest BCUT2D eigenvalue weighted by molar-refractivity contribution is -0.403. The number of carbonyl (C=O) groups excluding carboxylic acids is 5. The molecular formula is C79H131N5O58. The van der Waals surface area contributed by atoms with E-state index in [0.717, 1.165) is 34.6 Å². The number of rotatable bonds is 38. The van der Waals surface area contributed by atoms with E-state index in [2.05, 4.69) is 26.6 Å². The molecule has 820 valence electrons. The molecule has 0 aromatic carbocycles. The van der Waals surface area contributed by atoms with Gasteiger partial charge in [-0.05, 0) is 6.92 Å². The molecule has 11 aliphatic heterocycles. The van der Waals surface area contributed by atoms with Crippen LogP contribution in [-0.4, -0.2) is 603 Å². The quantitative estimate of drug-likeness (QED) is 0.0273. The van der Waals surface area contributed by atoms with Crippen LogP contribution in [0.4, 0.5) is 0 Å². The van der Waals surface area contributed by atoms with Gasteiger partial charge < -0.3 is 284 Å². The van der Waals surface area contributed by atoms with Gasteiger partial charge in [0, 0.05) is 41.0 Å². The van der Waals surface area contributed by atoms with Gasteiger partial charge in [-0.25, -0.2) is 4.79 Å². The largest absolute Gasteiger partial charge is 0.477 e. The third-order valence-corrected chi connectivity index (χ3v) is 25.9. The molecule has 0 spiro atoms. The van der Waals surface area contributed by atoms with Gasteiger partial charge in [0.25, 0.3) is 5.79 Å². The van der Waals surface area contributed by atoms with Gasteiger partial charge in [-0.15, -0.1) is 0 Å².